The summed E-state index contributed by atoms with van der Waals surface area (Å²) in [7, 11) is 0. The molecule has 0 radical (unpaired) electrons. The number of hydrogen-bond donors (Lipinski definition) is 0. The largest absolute Gasteiger partial charge is 0.492 e. The summed E-state index contributed by atoms with van der Waals surface area (Å²) in [6.45, 7) is 7.30. The van der Waals surface area contributed by atoms with Crippen molar-refractivity contribution < 1.29 is 19.0 Å². The van der Waals surface area contributed by atoms with E-state index in [2.05, 4.69) is 9.88 Å². The van der Waals surface area contributed by atoms with Crippen molar-refractivity contribution in [3.63, 3.8) is 0 Å². The molecule has 0 bridgehead atoms. The fourth-order valence-corrected chi connectivity index (χ4v) is 3.84. The molecule has 1 aliphatic heterocycles. The van der Waals surface area contributed by atoms with Crippen molar-refractivity contribution in [1.29, 1.82) is 0 Å². The molecule has 2 heterocycles. The van der Waals surface area contributed by atoms with Crippen LogP contribution in [0.2, 0.25) is 0 Å². The van der Waals surface area contributed by atoms with Crippen LogP contribution >= 0.6 is 0 Å². The first-order chi connectivity index (χ1) is 16.7. The van der Waals surface area contributed by atoms with Crippen LogP contribution in [0.25, 0.3) is 0 Å². The van der Waals surface area contributed by atoms with E-state index in [1.165, 1.54) is 0 Å². The van der Waals surface area contributed by atoms with Crippen LogP contribution < -0.4 is 14.2 Å². The van der Waals surface area contributed by atoms with Crippen molar-refractivity contribution in [2.24, 2.45) is 0 Å². The van der Waals surface area contributed by atoms with Crippen LogP contribution in [0.15, 0.2) is 73.1 Å². The van der Waals surface area contributed by atoms with Gasteiger partial charge in [0.25, 0.3) is 5.91 Å². The number of para-hydroxylation sites is 1. The maximum absolute atomic E-state index is 13.1. The van der Waals surface area contributed by atoms with Crippen molar-refractivity contribution in [3.05, 3.63) is 84.2 Å². The molecule has 0 spiro atoms. The van der Waals surface area contributed by atoms with Crippen molar-refractivity contribution >= 4 is 5.91 Å². The zero-order valence-corrected chi connectivity index (χ0v) is 19.6. The molecule has 1 aromatic heterocycles. The average molecular weight is 462 g/mol. The monoisotopic (exact) mass is 461 g/mol. The van der Waals surface area contributed by atoms with Crippen LogP contribution in [0.5, 0.6) is 17.2 Å². The number of carbonyl (C=O) groups is 1. The van der Waals surface area contributed by atoms with E-state index < -0.39 is 0 Å². The molecular formula is C27H31N3O4. The normalized spacial score (nSPS) is 14.0. The summed E-state index contributed by atoms with van der Waals surface area (Å²) in [4.78, 5) is 21.5. The van der Waals surface area contributed by atoms with Gasteiger partial charge in [-0.2, -0.15) is 0 Å². The Bertz CT molecular complexity index is 1040. The molecule has 34 heavy (non-hydrogen) atoms. The number of piperazine rings is 1. The summed E-state index contributed by atoms with van der Waals surface area (Å²) in [5, 5.41) is 0. The minimum Gasteiger partial charge on any atom is -0.492 e. The molecule has 3 aromatic rings. The number of rotatable bonds is 10. The number of carbonyl (C=O) groups excluding carboxylic acids is 1. The smallest absolute Gasteiger partial charge is 0.254 e. The molecule has 1 saturated heterocycles. The van der Waals surface area contributed by atoms with Gasteiger partial charge in [-0.3, -0.25) is 14.7 Å². The third-order valence-corrected chi connectivity index (χ3v) is 5.69. The molecule has 0 atom stereocenters. The molecule has 0 saturated carbocycles. The highest BCUT2D eigenvalue weighted by atomic mass is 16.5. The molecule has 0 unspecified atom stereocenters. The first kappa shape index (κ1) is 23.6. The molecule has 1 fully saturated rings. The third-order valence-electron chi connectivity index (χ3n) is 5.69. The number of nitrogens with zero attached hydrogens (tertiary/aromatic N) is 3. The Morgan fingerprint density at radius 2 is 1.74 bits per heavy atom. The summed E-state index contributed by atoms with van der Waals surface area (Å²) < 4.78 is 17.5. The van der Waals surface area contributed by atoms with Gasteiger partial charge in [-0.25, -0.2) is 0 Å². The Labute approximate surface area is 200 Å². The molecular weight excluding hydrogens is 430 g/mol. The van der Waals surface area contributed by atoms with Crippen LogP contribution in [-0.2, 0) is 6.61 Å². The van der Waals surface area contributed by atoms with E-state index in [-0.39, 0.29) is 5.91 Å². The Balaban J connectivity index is 1.29. The Kier molecular flexibility index (Phi) is 8.35. The third kappa shape index (κ3) is 6.48. The van der Waals surface area contributed by atoms with Crippen LogP contribution in [0.3, 0.4) is 0 Å². The van der Waals surface area contributed by atoms with Gasteiger partial charge < -0.3 is 19.1 Å². The molecule has 0 N–H and O–H groups in total. The number of hydrogen-bond acceptors (Lipinski definition) is 6. The maximum Gasteiger partial charge on any atom is 0.254 e. The van der Waals surface area contributed by atoms with Gasteiger partial charge in [0.05, 0.1) is 6.61 Å². The summed E-state index contributed by atoms with van der Waals surface area (Å²) in [5.41, 5.74) is 1.58. The van der Waals surface area contributed by atoms with Crippen LogP contribution in [0.1, 0.15) is 22.8 Å². The van der Waals surface area contributed by atoms with Crippen molar-refractivity contribution in [2.75, 3.05) is 45.9 Å². The molecule has 2 aromatic carbocycles. The SMILES string of the molecule is CCOc1cc(C(=O)N2CCN(CCOc3ccccc3)CC2)ccc1OCc1cccnc1. The Hall–Kier alpha value is -3.58. The van der Waals surface area contributed by atoms with E-state index >= 15 is 0 Å². The van der Waals surface area contributed by atoms with Gasteiger partial charge in [-0.15, -0.1) is 0 Å². The van der Waals surface area contributed by atoms with E-state index in [0.29, 0.717) is 50.0 Å². The lowest BCUT2D eigenvalue weighted by Crippen LogP contribution is -2.49. The van der Waals surface area contributed by atoms with E-state index in [4.69, 9.17) is 14.2 Å². The van der Waals surface area contributed by atoms with Gasteiger partial charge in [0.1, 0.15) is 19.0 Å². The van der Waals surface area contributed by atoms with Crippen LogP contribution in [-0.4, -0.2) is 66.6 Å². The van der Waals surface area contributed by atoms with Gasteiger partial charge in [0.15, 0.2) is 11.5 Å². The van der Waals surface area contributed by atoms with Crippen molar-refractivity contribution in [3.8, 4) is 17.2 Å². The second-order valence-electron chi connectivity index (χ2n) is 8.04. The molecule has 4 rings (SSSR count). The number of ether oxygens (including phenoxy) is 3. The average Bonchev–Trinajstić information content (AvgIpc) is 2.89. The minimum absolute atomic E-state index is 0.0138. The Morgan fingerprint density at radius 3 is 2.47 bits per heavy atom. The number of benzene rings is 2. The minimum atomic E-state index is 0.0138. The summed E-state index contributed by atoms with van der Waals surface area (Å²) in [6.07, 6.45) is 3.50. The van der Waals surface area contributed by atoms with E-state index in [9.17, 15) is 4.79 Å². The van der Waals surface area contributed by atoms with Gasteiger partial charge >= 0.3 is 0 Å². The first-order valence-corrected chi connectivity index (χ1v) is 11.7. The van der Waals surface area contributed by atoms with Gasteiger partial charge in [0.2, 0.25) is 0 Å². The zero-order valence-electron chi connectivity index (χ0n) is 19.6. The van der Waals surface area contributed by atoms with Crippen LogP contribution in [0.4, 0.5) is 0 Å². The number of amides is 1. The molecule has 0 aliphatic carbocycles. The second-order valence-corrected chi connectivity index (χ2v) is 8.04. The van der Waals surface area contributed by atoms with Crippen LogP contribution in [0, 0.1) is 0 Å². The lowest BCUT2D eigenvalue weighted by molar-refractivity contribution is 0.0620. The highest BCUT2D eigenvalue weighted by Gasteiger charge is 2.23. The number of pyridine rings is 1. The highest BCUT2D eigenvalue weighted by Crippen LogP contribution is 2.30. The first-order valence-electron chi connectivity index (χ1n) is 11.7. The second kappa shape index (κ2) is 12.0. The predicted molar refractivity (Wildman–Crippen MR) is 130 cm³/mol. The van der Waals surface area contributed by atoms with E-state index in [1.54, 1.807) is 18.5 Å². The molecule has 1 aliphatic rings. The zero-order chi connectivity index (χ0) is 23.6. The Morgan fingerprint density at radius 1 is 0.912 bits per heavy atom. The lowest BCUT2D eigenvalue weighted by atomic mass is 10.1. The quantitative estimate of drug-likeness (QED) is 0.456. The fraction of sp³-hybridized carbons (Fsp3) is 0.333. The molecule has 7 heteroatoms. The van der Waals surface area contributed by atoms with Crippen molar-refractivity contribution in [2.45, 2.75) is 13.5 Å². The summed E-state index contributed by atoms with van der Waals surface area (Å²) in [6, 6.07) is 19.1. The standard InChI is InChI=1S/C27H31N3O4/c1-2-32-26-19-23(10-11-25(26)34-21-22-7-6-12-28-20-22)27(31)30-15-13-29(14-16-30)17-18-33-24-8-4-3-5-9-24/h3-12,19-20H,2,13-18,21H2,1H3. The van der Waals surface area contributed by atoms with Gasteiger partial charge in [-0.05, 0) is 43.3 Å². The van der Waals surface area contributed by atoms with E-state index in [0.717, 1.165) is 30.9 Å². The molecule has 7 nitrogen and oxygen atoms in total. The maximum atomic E-state index is 13.1. The topological polar surface area (TPSA) is 64.1 Å². The van der Waals surface area contributed by atoms with Gasteiger partial charge in [0, 0.05) is 56.2 Å². The van der Waals surface area contributed by atoms with Crippen molar-refractivity contribution in [1.82, 2.24) is 14.8 Å². The molecule has 1 amide bonds. The predicted octanol–water partition coefficient (Wildman–Crippen LogP) is 3.90. The fourth-order valence-electron chi connectivity index (χ4n) is 3.84. The highest BCUT2D eigenvalue weighted by molar-refractivity contribution is 5.95. The summed E-state index contributed by atoms with van der Waals surface area (Å²) in [5.74, 6) is 2.09. The summed E-state index contributed by atoms with van der Waals surface area (Å²) >= 11 is 0. The lowest BCUT2D eigenvalue weighted by Gasteiger charge is -2.34. The number of aromatic nitrogens is 1. The van der Waals surface area contributed by atoms with E-state index in [1.807, 2.05) is 66.4 Å². The van der Waals surface area contributed by atoms with Gasteiger partial charge in [-0.1, -0.05) is 24.3 Å². The molecule has 178 valence electrons.